The minimum absolute atomic E-state index is 0.103. The maximum atomic E-state index is 6.67. The molecule has 0 unspecified atom stereocenters. The van der Waals surface area contributed by atoms with E-state index < -0.39 is 0 Å². The monoisotopic (exact) mass is 361 g/mol. The summed E-state index contributed by atoms with van der Waals surface area (Å²) in [6.07, 6.45) is 4.78. The number of hydrogen-bond donors (Lipinski definition) is 0. The van der Waals surface area contributed by atoms with Gasteiger partial charge in [-0.2, -0.15) is 0 Å². The highest BCUT2D eigenvalue weighted by Gasteiger charge is 2.68. The first kappa shape index (κ1) is 16.1. The Labute approximate surface area is 152 Å². The smallest absolute Gasteiger partial charge is 0.140 e. The Bertz CT molecular complexity index is 818. The zero-order valence-electron chi connectivity index (χ0n) is 14.9. The largest absolute Gasteiger partial charge is 0.464 e. The van der Waals surface area contributed by atoms with Gasteiger partial charge < -0.3 is 4.42 Å². The van der Waals surface area contributed by atoms with Gasteiger partial charge in [-0.05, 0) is 48.3 Å². The van der Waals surface area contributed by atoms with Crippen LogP contribution in [0, 0.1) is 17.3 Å². The van der Waals surface area contributed by atoms with Crippen molar-refractivity contribution >= 4 is 22.6 Å². The summed E-state index contributed by atoms with van der Waals surface area (Å²) in [5.74, 6) is 1.25. The van der Waals surface area contributed by atoms with Crippen molar-refractivity contribution in [2.24, 2.45) is 17.3 Å². The van der Waals surface area contributed by atoms with Crippen LogP contribution in [0.4, 0.5) is 0 Å². The first-order chi connectivity index (χ1) is 11.9. The molecule has 0 amide bonds. The van der Waals surface area contributed by atoms with Gasteiger partial charge in [0.05, 0.1) is 6.26 Å². The Morgan fingerprint density at radius 3 is 2.84 bits per heavy atom. The first-order valence-electron chi connectivity index (χ1n) is 9.14. The van der Waals surface area contributed by atoms with Crippen LogP contribution in [-0.2, 0) is 16.1 Å². The molecule has 4 aliphatic rings. The highest BCUT2D eigenvalue weighted by molar-refractivity contribution is 6.20. The van der Waals surface area contributed by atoms with E-state index in [1.165, 1.54) is 6.42 Å². The molecule has 0 spiro atoms. The second kappa shape index (κ2) is 5.23. The maximum Gasteiger partial charge on any atom is 0.140 e. The molecule has 1 saturated heterocycles. The van der Waals surface area contributed by atoms with Crippen LogP contribution in [0.15, 0.2) is 34.9 Å². The van der Waals surface area contributed by atoms with Crippen LogP contribution in [0.3, 0.4) is 0 Å². The SMILES string of the molecule is CC1(C)[C@@H]2C[C@H]3ON([C@H](Cl)Cc4coc5ccccc45)O[C@@]3(C)[C@H]1C2. The lowest BCUT2D eigenvalue weighted by Gasteiger charge is -2.63. The number of halogens is 1. The van der Waals surface area contributed by atoms with E-state index in [1.54, 1.807) is 11.5 Å². The van der Waals surface area contributed by atoms with E-state index in [-0.39, 0.29) is 17.2 Å². The molecule has 2 bridgehead atoms. The van der Waals surface area contributed by atoms with Gasteiger partial charge in [-0.25, -0.2) is 0 Å². The number of fused-ring (bicyclic) bond motifs is 1. The molecular formula is C20H24ClNO3. The molecule has 25 heavy (non-hydrogen) atoms. The van der Waals surface area contributed by atoms with Gasteiger partial charge in [0.1, 0.15) is 22.8 Å². The summed E-state index contributed by atoms with van der Waals surface area (Å²) in [5.41, 5.74) is 1.63. The topological polar surface area (TPSA) is 34.8 Å². The molecule has 1 aliphatic heterocycles. The van der Waals surface area contributed by atoms with Gasteiger partial charge in [0.25, 0.3) is 0 Å². The van der Waals surface area contributed by atoms with E-state index >= 15 is 0 Å². The van der Waals surface area contributed by atoms with Gasteiger partial charge in [0.2, 0.25) is 0 Å². The summed E-state index contributed by atoms with van der Waals surface area (Å²) in [7, 11) is 0. The molecule has 0 radical (unpaired) electrons. The van der Waals surface area contributed by atoms with Gasteiger partial charge >= 0.3 is 0 Å². The van der Waals surface area contributed by atoms with Crippen molar-refractivity contribution in [2.75, 3.05) is 0 Å². The molecule has 1 aromatic carbocycles. The summed E-state index contributed by atoms with van der Waals surface area (Å²) < 4.78 is 5.62. The van der Waals surface area contributed by atoms with Gasteiger partial charge in [-0.1, -0.05) is 32.0 Å². The van der Waals surface area contributed by atoms with Crippen LogP contribution in [0.1, 0.15) is 39.2 Å². The van der Waals surface area contributed by atoms with E-state index in [2.05, 4.69) is 26.8 Å². The van der Waals surface area contributed by atoms with Crippen molar-refractivity contribution in [1.29, 1.82) is 0 Å². The average Bonchev–Trinajstić information content (AvgIpc) is 3.15. The number of furan rings is 1. The lowest BCUT2D eigenvalue weighted by Crippen LogP contribution is -2.65. The van der Waals surface area contributed by atoms with Crippen LogP contribution >= 0.6 is 11.6 Å². The number of hydroxylamine groups is 2. The number of benzene rings is 1. The molecule has 6 rings (SSSR count). The Morgan fingerprint density at radius 2 is 2.04 bits per heavy atom. The van der Waals surface area contributed by atoms with Crippen LogP contribution in [-0.4, -0.2) is 22.4 Å². The Kier molecular flexibility index (Phi) is 3.37. The zero-order valence-corrected chi connectivity index (χ0v) is 15.6. The van der Waals surface area contributed by atoms with Gasteiger partial charge in [-0.15, -0.1) is 11.6 Å². The zero-order chi connectivity index (χ0) is 17.4. The predicted octanol–water partition coefficient (Wildman–Crippen LogP) is 4.91. The van der Waals surface area contributed by atoms with E-state index in [0.29, 0.717) is 17.8 Å². The molecule has 4 fully saturated rings. The minimum atomic E-state index is -0.385. The molecule has 3 aliphatic carbocycles. The summed E-state index contributed by atoms with van der Waals surface area (Å²) in [4.78, 5) is 12.4. The van der Waals surface area contributed by atoms with Crippen molar-refractivity contribution in [3.05, 3.63) is 36.1 Å². The van der Waals surface area contributed by atoms with Gasteiger partial charge in [0, 0.05) is 17.4 Å². The third-order valence-corrected chi connectivity index (χ3v) is 7.31. The van der Waals surface area contributed by atoms with E-state index in [0.717, 1.165) is 28.9 Å². The molecule has 3 saturated carbocycles. The van der Waals surface area contributed by atoms with Crippen molar-refractivity contribution in [3.63, 3.8) is 0 Å². The van der Waals surface area contributed by atoms with Crippen LogP contribution in [0.2, 0.25) is 0 Å². The van der Waals surface area contributed by atoms with E-state index in [9.17, 15) is 0 Å². The fraction of sp³-hybridized carbons (Fsp3) is 0.600. The van der Waals surface area contributed by atoms with Crippen LogP contribution < -0.4 is 0 Å². The van der Waals surface area contributed by atoms with E-state index in [1.807, 2.05) is 18.2 Å². The second-order valence-electron chi connectivity index (χ2n) is 8.59. The third kappa shape index (κ3) is 2.18. The lowest BCUT2D eigenvalue weighted by molar-refractivity contribution is -0.339. The first-order valence-corrected chi connectivity index (χ1v) is 9.57. The second-order valence-corrected chi connectivity index (χ2v) is 9.10. The summed E-state index contributed by atoms with van der Waals surface area (Å²) in [5, 5.41) is 2.64. The standard InChI is InChI=1S/C20H24ClNO3/c1-19(2)13-9-16(19)20(3)17(10-13)24-22(25-20)18(21)8-12-11-23-15-7-5-4-6-14(12)15/h4-7,11,13,16-18H,8-10H2,1-3H3/t13-,16-,17+,18-,20-/m0/s1. The third-order valence-electron chi connectivity index (χ3n) is 7.00. The summed E-state index contributed by atoms with van der Waals surface area (Å²) in [6, 6.07) is 8.01. The average molecular weight is 362 g/mol. The molecular weight excluding hydrogens is 338 g/mol. The van der Waals surface area contributed by atoms with Gasteiger partial charge in [-0.3, -0.25) is 9.68 Å². The molecule has 4 nitrogen and oxygen atoms in total. The maximum absolute atomic E-state index is 6.67. The summed E-state index contributed by atoms with van der Waals surface area (Å²) in [6.45, 7) is 6.90. The quantitative estimate of drug-likeness (QED) is 0.574. The number of rotatable bonds is 3. The van der Waals surface area contributed by atoms with Crippen molar-refractivity contribution in [2.45, 2.75) is 57.2 Å². The number of hydrogen-bond acceptors (Lipinski definition) is 4. The Morgan fingerprint density at radius 1 is 1.24 bits per heavy atom. The van der Waals surface area contributed by atoms with Crippen molar-refractivity contribution < 1.29 is 14.1 Å². The molecule has 134 valence electrons. The Hall–Kier alpha value is -1.07. The van der Waals surface area contributed by atoms with Crippen LogP contribution in [0.5, 0.6) is 0 Å². The molecule has 1 aromatic heterocycles. The summed E-state index contributed by atoms with van der Waals surface area (Å²) >= 11 is 6.67. The normalized spacial score (nSPS) is 37.7. The highest BCUT2D eigenvalue weighted by Crippen LogP contribution is 2.66. The predicted molar refractivity (Wildman–Crippen MR) is 95.8 cm³/mol. The Balaban J connectivity index is 1.35. The minimum Gasteiger partial charge on any atom is -0.464 e. The molecule has 2 aromatic rings. The highest BCUT2D eigenvalue weighted by atomic mass is 35.5. The number of alkyl halides is 1. The molecule has 5 atom stereocenters. The van der Waals surface area contributed by atoms with Crippen molar-refractivity contribution in [3.8, 4) is 0 Å². The molecule has 0 N–H and O–H groups in total. The van der Waals surface area contributed by atoms with Crippen LogP contribution in [0.25, 0.3) is 11.0 Å². The number of nitrogens with zero attached hydrogens (tertiary/aromatic N) is 1. The molecule has 2 heterocycles. The fourth-order valence-corrected chi connectivity index (χ4v) is 5.54. The number of para-hydroxylation sites is 1. The van der Waals surface area contributed by atoms with E-state index in [4.69, 9.17) is 25.7 Å². The lowest BCUT2D eigenvalue weighted by atomic mass is 9.43. The van der Waals surface area contributed by atoms with Crippen molar-refractivity contribution in [1.82, 2.24) is 5.23 Å². The van der Waals surface area contributed by atoms with Gasteiger partial charge in [0.15, 0.2) is 0 Å². The fourth-order valence-electron chi connectivity index (χ4n) is 5.29. The molecule has 5 heteroatoms.